The molecule has 1 aliphatic rings. The van der Waals surface area contributed by atoms with E-state index in [1.165, 1.54) is 6.07 Å². The van der Waals surface area contributed by atoms with Gasteiger partial charge in [0.2, 0.25) is 0 Å². The van der Waals surface area contributed by atoms with Crippen molar-refractivity contribution in [3.8, 4) is 0 Å². The molecule has 0 aliphatic heterocycles. The van der Waals surface area contributed by atoms with E-state index < -0.39 is 11.9 Å². The van der Waals surface area contributed by atoms with Crippen molar-refractivity contribution in [1.82, 2.24) is 10.2 Å². The van der Waals surface area contributed by atoms with Crippen LogP contribution in [-0.2, 0) is 6.18 Å². The number of hydrogen-bond donors (Lipinski definition) is 0. The van der Waals surface area contributed by atoms with Crippen LogP contribution in [0, 0.1) is 5.41 Å². The van der Waals surface area contributed by atoms with Gasteiger partial charge in [0.25, 0.3) is 0 Å². The summed E-state index contributed by atoms with van der Waals surface area (Å²) in [5.74, 6) is 0.476. The highest BCUT2D eigenvalue weighted by molar-refractivity contribution is 5.39. The monoisotopic (exact) mass is 259 g/mol. The largest absolute Gasteiger partial charge is 0.435 e. The molecular weight excluding hydrogens is 243 g/mol. The maximum Gasteiger partial charge on any atom is 0.435 e. The maximum atomic E-state index is 12.4. The zero-order chi connectivity index (χ0) is 13.6. The van der Waals surface area contributed by atoms with Crippen LogP contribution in [0.2, 0.25) is 0 Å². The summed E-state index contributed by atoms with van der Waals surface area (Å²) < 4.78 is 37.1. The van der Waals surface area contributed by atoms with E-state index in [4.69, 9.17) is 0 Å². The zero-order valence-corrected chi connectivity index (χ0v) is 10.6. The first-order chi connectivity index (χ1) is 8.24. The van der Waals surface area contributed by atoms with Gasteiger partial charge in [-0.15, -0.1) is 10.2 Å². The maximum absolute atomic E-state index is 12.4. The van der Waals surface area contributed by atoms with Crippen molar-refractivity contribution in [3.05, 3.63) is 17.8 Å². The molecule has 100 valence electrons. The number of alkyl halides is 3. The summed E-state index contributed by atoms with van der Waals surface area (Å²) in [6.07, 6.45) is -2.14. The van der Waals surface area contributed by atoms with Crippen molar-refractivity contribution in [2.75, 3.05) is 11.9 Å². The SMILES string of the molecule is CC(N(C)c1ccc(C(F)(F)F)nn1)C1(C)CC1. The highest BCUT2D eigenvalue weighted by Crippen LogP contribution is 2.50. The molecule has 1 aliphatic carbocycles. The van der Waals surface area contributed by atoms with E-state index >= 15 is 0 Å². The highest BCUT2D eigenvalue weighted by atomic mass is 19.4. The van der Waals surface area contributed by atoms with Crippen LogP contribution in [0.4, 0.5) is 19.0 Å². The molecule has 0 N–H and O–H groups in total. The Hall–Kier alpha value is -1.33. The van der Waals surface area contributed by atoms with E-state index in [1.807, 2.05) is 11.9 Å². The summed E-state index contributed by atoms with van der Waals surface area (Å²) in [5.41, 5.74) is -0.705. The lowest BCUT2D eigenvalue weighted by molar-refractivity contribution is -0.141. The van der Waals surface area contributed by atoms with Gasteiger partial charge in [-0.25, -0.2) is 0 Å². The van der Waals surface area contributed by atoms with Crippen LogP contribution in [0.1, 0.15) is 32.4 Å². The van der Waals surface area contributed by atoms with Crippen molar-refractivity contribution in [3.63, 3.8) is 0 Å². The molecule has 1 fully saturated rings. The second kappa shape index (κ2) is 4.10. The van der Waals surface area contributed by atoms with Crippen LogP contribution in [0.15, 0.2) is 12.1 Å². The molecule has 1 aromatic rings. The molecule has 3 nitrogen and oxygen atoms in total. The summed E-state index contributed by atoms with van der Waals surface area (Å²) in [7, 11) is 1.84. The Bertz CT molecular complexity index is 423. The van der Waals surface area contributed by atoms with Crippen molar-refractivity contribution < 1.29 is 13.2 Å². The molecule has 6 heteroatoms. The summed E-state index contributed by atoms with van der Waals surface area (Å²) in [4.78, 5) is 1.89. The first-order valence-electron chi connectivity index (χ1n) is 5.88. The lowest BCUT2D eigenvalue weighted by Crippen LogP contribution is -2.36. The van der Waals surface area contributed by atoms with Crippen molar-refractivity contribution in [2.45, 2.75) is 38.9 Å². The van der Waals surface area contributed by atoms with Gasteiger partial charge in [0.15, 0.2) is 11.5 Å². The standard InChI is InChI=1S/C12H16F3N3/c1-8(11(2)6-7-11)18(3)10-5-4-9(16-17-10)12(13,14)15/h4-5,8H,6-7H2,1-3H3. The molecule has 0 saturated heterocycles. The number of rotatable bonds is 3. The fourth-order valence-corrected chi connectivity index (χ4v) is 1.95. The quantitative estimate of drug-likeness (QED) is 0.835. The predicted octanol–water partition coefficient (Wildman–Crippen LogP) is 3.12. The van der Waals surface area contributed by atoms with Gasteiger partial charge in [0, 0.05) is 13.1 Å². The second-order valence-electron chi connectivity index (χ2n) is 5.22. The summed E-state index contributed by atoms with van der Waals surface area (Å²) in [5, 5.41) is 6.90. The van der Waals surface area contributed by atoms with E-state index in [9.17, 15) is 13.2 Å². The summed E-state index contributed by atoms with van der Waals surface area (Å²) in [6.45, 7) is 4.23. The topological polar surface area (TPSA) is 29.0 Å². The van der Waals surface area contributed by atoms with E-state index in [2.05, 4.69) is 24.0 Å². The Labute approximate surface area is 104 Å². The number of halogens is 3. The second-order valence-corrected chi connectivity index (χ2v) is 5.22. The molecule has 1 unspecified atom stereocenters. The van der Waals surface area contributed by atoms with Crippen molar-refractivity contribution in [1.29, 1.82) is 0 Å². The minimum absolute atomic E-state index is 0.239. The Balaban J connectivity index is 2.14. The van der Waals surface area contributed by atoms with Gasteiger partial charge in [-0.3, -0.25) is 0 Å². The third-order valence-electron chi connectivity index (χ3n) is 3.93. The van der Waals surface area contributed by atoms with E-state index in [-0.39, 0.29) is 11.5 Å². The van der Waals surface area contributed by atoms with Crippen LogP contribution in [-0.4, -0.2) is 23.3 Å². The Morgan fingerprint density at radius 1 is 1.28 bits per heavy atom. The Morgan fingerprint density at radius 3 is 2.28 bits per heavy atom. The lowest BCUT2D eigenvalue weighted by atomic mass is 10.00. The molecular formula is C12H16F3N3. The number of anilines is 1. The van der Waals surface area contributed by atoms with E-state index in [1.54, 1.807) is 0 Å². The van der Waals surface area contributed by atoms with Crippen LogP contribution >= 0.6 is 0 Å². The molecule has 0 spiro atoms. The van der Waals surface area contributed by atoms with Gasteiger partial charge in [-0.1, -0.05) is 6.92 Å². The van der Waals surface area contributed by atoms with Gasteiger partial charge in [0.05, 0.1) is 0 Å². The van der Waals surface area contributed by atoms with Crippen molar-refractivity contribution in [2.24, 2.45) is 5.41 Å². The predicted molar refractivity (Wildman–Crippen MR) is 62.2 cm³/mol. The van der Waals surface area contributed by atoms with Crippen molar-refractivity contribution >= 4 is 5.82 Å². The number of hydrogen-bond acceptors (Lipinski definition) is 3. The molecule has 1 heterocycles. The fourth-order valence-electron chi connectivity index (χ4n) is 1.95. The third kappa shape index (κ3) is 2.42. The first kappa shape index (κ1) is 13.1. The zero-order valence-electron chi connectivity index (χ0n) is 10.6. The average Bonchev–Trinajstić information content (AvgIpc) is 3.06. The van der Waals surface area contributed by atoms with Crippen LogP contribution in [0.5, 0.6) is 0 Å². The minimum Gasteiger partial charge on any atom is -0.355 e. The average molecular weight is 259 g/mol. The molecule has 0 bridgehead atoms. The molecule has 1 aromatic heterocycles. The highest BCUT2D eigenvalue weighted by Gasteiger charge is 2.44. The van der Waals surface area contributed by atoms with Crippen LogP contribution < -0.4 is 4.90 Å². The fraction of sp³-hybridized carbons (Fsp3) is 0.667. The minimum atomic E-state index is -4.43. The van der Waals surface area contributed by atoms with Gasteiger partial charge in [-0.2, -0.15) is 13.2 Å². The number of nitrogens with zero attached hydrogens (tertiary/aromatic N) is 3. The Kier molecular flexibility index (Phi) is 2.99. The van der Waals surface area contributed by atoms with Gasteiger partial charge in [0.1, 0.15) is 0 Å². The van der Waals surface area contributed by atoms with Gasteiger partial charge in [-0.05, 0) is 37.3 Å². The van der Waals surface area contributed by atoms with Gasteiger partial charge < -0.3 is 4.90 Å². The molecule has 0 radical (unpaired) electrons. The van der Waals surface area contributed by atoms with E-state index in [0.29, 0.717) is 5.82 Å². The molecule has 2 rings (SSSR count). The van der Waals surface area contributed by atoms with Crippen LogP contribution in [0.25, 0.3) is 0 Å². The first-order valence-corrected chi connectivity index (χ1v) is 5.88. The molecule has 1 saturated carbocycles. The number of aromatic nitrogens is 2. The summed E-state index contributed by atoms with van der Waals surface area (Å²) in [6, 6.07) is 2.59. The lowest BCUT2D eigenvalue weighted by Gasteiger charge is -2.30. The molecule has 0 amide bonds. The normalized spacial score (nSPS) is 19.4. The summed E-state index contributed by atoms with van der Waals surface area (Å²) >= 11 is 0. The van der Waals surface area contributed by atoms with Gasteiger partial charge >= 0.3 is 6.18 Å². The molecule has 1 atom stereocenters. The smallest absolute Gasteiger partial charge is 0.355 e. The van der Waals surface area contributed by atoms with E-state index in [0.717, 1.165) is 18.9 Å². The van der Waals surface area contributed by atoms with Crippen LogP contribution in [0.3, 0.4) is 0 Å². The molecule has 0 aromatic carbocycles. The molecule has 18 heavy (non-hydrogen) atoms. The third-order valence-corrected chi connectivity index (χ3v) is 3.93. The Morgan fingerprint density at radius 2 is 1.89 bits per heavy atom.